The van der Waals surface area contributed by atoms with Crippen molar-refractivity contribution in [3.63, 3.8) is 0 Å². The van der Waals surface area contributed by atoms with Crippen molar-refractivity contribution in [1.29, 1.82) is 0 Å². The first-order valence-electron chi connectivity index (χ1n) is 6.38. The molecular formula is C13H17F3N4. The van der Waals surface area contributed by atoms with Gasteiger partial charge in [0, 0.05) is 11.6 Å². The summed E-state index contributed by atoms with van der Waals surface area (Å²) in [6.45, 7) is 7.55. The Balaban J connectivity index is 2.84. The van der Waals surface area contributed by atoms with Crippen molar-refractivity contribution in [1.82, 2.24) is 14.5 Å². The minimum absolute atomic E-state index is 0.0588. The summed E-state index contributed by atoms with van der Waals surface area (Å²) in [5.74, 6) is 0.493. The number of fused-ring (bicyclic) bond motifs is 1. The van der Waals surface area contributed by atoms with Crippen molar-refractivity contribution in [2.24, 2.45) is 0 Å². The number of hydrogen-bond donors (Lipinski definition) is 1. The van der Waals surface area contributed by atoms with Crippen LogP contribution in [0, 0.1) is 0 Å². The van der Waals surface area contributed by atoms with Gasteiger partial charge in [-0.05, 0) is 19.8 Å². The van der Waals surface area contributed by atoms with E-state index in [1.54, 1.807) is 4.57 Å². The van der Waals surface area contributed by atoms with Crippen molar-refractivity contribution in [3.05, 3.63) is 17.5 Å². The molecule has 0 atom stereocenters. The summed E-state index contributed by atoms with van der Waals surface area (Å²) < 4.78 is 39.9. The van der Waals surface area contributed by atoms with Crippen molar-refractivity contribution in [3.8, 4) is 0 Å². The monoisotopic (exact) mass is 286 g/mol. The van der Waals surface area contributed by atoms with Gasteiger partial charge in [0.25, 0.3) is 0 Å². The Kier molecular flexibility index (Phi) is 3.39. The van der Waals surface area contributed by atoms with E-state index in [4.69, 9.17) is 5.73 Å². The van der Waals surface area contributed by atoms with Gasteiger partial charge in [0.1, 0.15) is 11.3 Å². The first kappa shape index (κ1) is 14.6. The lowest BCUT2D eigenvalue weighted by molar-refractivity contribution is -0.141. The van der Waals surface area contributed by atoms with Gasteiger partial charge in [0.05, 0.1) is 6.20 Å². The minimum Gasteiger partial charge on any atom is -0.385 e. The Hall–Kier alpha value is -1.79. The Morgan fingerprint density at radius 2 is 1.80 bits per heavy atom. The molecule has 0 bridgehead atoms. The molecule has 2 aromatic heterocycles. The van der Waals surface area contributed by atoms with E-state index in [0.29, 0.717) is 11.3 Å². The Morgan fingerprint density at radius 3 is 2.25 bits per heavy atom. The standard InChI is InChI=1S/C13H17F3N4/c1-6(2)9-10-12(20(7(3)4)11(9)17)19-8(5-18-10)13(14,15)16/h5-7H,17H2,1-4H3. The molecule has 0 radical (unpaired) electrons. The summed E-state index contributed by atoms with van der Waals surface area (Å²) >= 11 is 0. The molecule has 0 aliphatic heterocycles. The van der Waals surface area contributed by atoms with Crippen molar-refractivity contribution in [2.45, 2.75) is 45.8 Å². The van der Waals surface area contributed by atoms with Crippen LogP contribution in [-0.4, -0.2) is 14.5 Å². The summed E-state index contributed by atoms with van der Waals surface area (Å²) in [5.41, 5.74) is 6.46. The van der Waals surface area contributed by atoms with E-state index in [-0.39, 0.29) is 17.6 Å². The smallest absolute Gasteiger partial charge is 0.385 e. The molecule has 0 fully saturated rings. The third kappa shape index (κ3) is 2.21. The van der Waals surface area contributed by atoms with Crippen LogP contribution in [0.2, 0.25) is 0 Å². The van der Waals surface area contributed by atoms with E-state index in [1.165, 1.54) is 0 Å². The van der Waals surface area contributed by atoms with E-state index < -0.39 is 11.9 Å². The van der Waals surface area contributed by atoms with Crippen molar-refractivity contribution in [2.75, 3.05) is 5.73 Å². The Morgan fingerprint density at radius 1 is 1.20 bits per heavy atom. The molecule has 0 aliphatic carbocycles. The van der Waals surface area contributed by atoms with Crippen LogP contribution in [-0.2, 0) is 6.18 Å². The predicted octanol–water partition coefficient (Wildman–Crippen LogP) is 3.74. The molecule has 2 heterocycles. The zero-order valence-electron chi connectivity index (χ0n) is 11.8. The molecule has 0 saturated carbocycles. The molecule has 2 N–H and O–H groups in total. The zero-order chi connectivity index (χ0) is 15.2. The average Bonchev–Trinajstić information content (AvgIpc) is 2.58. The summed E-state index contributed by atoms with van der Waals surface area (Å²) in [7, 11) is 0. The molecule has 0 aromatic carbocycles. The number of rotatable bonds is 2. The Bertz CT molecular complexity index is 641. The topological polar surface area (TPSA) is 56.7 Å². The van der Waals surface area contributed by atoms with Crippen molar-refractivity contribution >= 4 is 17.0 Å². The quantitative estimate of drug-likeness (QED) is 0.915. The van der Waals surface area contributed by atoms with Crippen LogP contribution in [0.25, 0.3) is 11.2 Å². The first-order chi connectivity index (χ1) is 9.14. The maximum absolute atomic E-state index is 12.8. The lowest BCUT2D eigenvalue weighted by atomic mass is 10.1. The van der Waals surface area contributed by atoms with E-state index >= 15 is 0 Å². The van der Waals surface area contributed by atoms with Gasteiger partial charge in [0.15, 0.2) is 11.3 Å². The van der Waals surface area contributed by atoms with Gasteiger partial charge in [-0.1, -0.05) is 13.8 Å². The van der Waals surface area contributed by atoms with E-state index in [0.717, 1.165) is 11.8 Å². The molecule has 4 nitrogen and oxygen atoms in total. The highest BCUT2D eigenvalue weighted by Gasteiger charge is 2.34. The summed E-state index contributed by atoms with van der Waals surface area (Å²) in [6, 6.07) is -0.0946. The molecule has 0 spiro atoms. The highest BCUT2D eigenvalue weighted by atomic mass is 19.4. The van der Waals surface area contributed by atoms with Gasteiger partial charge in [-0.15, -0.1) is 0 Å². The second kappa shape index (κ2) is 4.64. The SMILES string of the molecule is CC(C)c1c(N)n(C(C)C)c2nc(C(F)(F)F)cnc12. The van der Waals surface area contributed by atoms with Crippen LogP contribution in [0.1, 0.15) is 50.9 Å². The van der Waals surface area contributed by atoms with Crippen LogP contribution in [0.4, 0.5) is 19.0 Å². The first-order valence-corrected chi connectivity index (χ1v) is 6.38. The second-order valence-corrected chi connectivity index (χ2v) is 5.34. The van der Waals surface area contributed by atoms with Gasteiger partial charge in [-0.3, -0.25) is 4.98 Å². The molecule has 0 amide bonds. The predicted molar refractivity (Wildman–Crippen MR) is 71.4 cm³/mol. The number of nitrogen functional groups attached to an aromatic ring is 1. The van der Waals surface area contributed by atoms with Crippen molar-refractivity contribution < 1.29 is 13.2 Å². The number of aromatic nitrogens is 3. The summed E-state index contributed by atoms with van der Waals surface area (Å²) in [6.07, 6.45) is -3.75. The average molecular weight is 286 g/mol. The van der Waals surface area contributed by atoms with E-state index in [1.807, 2.05) is 27.7 Å². The maximum atomic E-state index is 12.8. The molecule has 2 aromatic rings. The molecule has 7 heteroatoms. The van der Waals surface area contributed by atoms with E-state index in [9.17, 15) is 13.2 Å². The largest absolute Gasteiger partial charge is 0.434 e. The highest BCUT2D eigenvalue weighted by molar-refractivity contribution is 5.83. The molecule has 0 aliphatic rings. The van der Waals surface area contributed by atoms with Gasteiger partial charge in [0.2, 0.25) is 0 Å². The number of alkyl halides is 3. The molecule has 0 unspecified atom stereocenters. The molecular weight excluding hydrogens is 269 g/mol. The second-order valence-electron chi connectivity index (χ2n) is 5.34. The van der Waals surface area contributed by atoms with Crippen LogP contribution in [0.5, 0.6) is 0 Å². The molecule has 20 heavy (non-hydrogen) atoms. The van der Waals surface area contributed by atoms with Gasteiger partial charge in [-0.25, -0.2) is 4.98 Å². The summed E-state index contributed by atoms with van der Waals surface area (Å²) in [5, 5.41) is 0. The van der Waals surface area contributed by atoms with Crippen LogP contribution in [0.3, 0.4) is 0 Å². The zero-order valence-corrected chi connectivity index (χ0v) is 11.8. The highest BCUT2D eigenvalue weighted by Crippen LogP contribution is 2.36. The number of nitrogens with two attached hydrogens (primary N) is 1. The van der Waals surface area contributed by atoms with E-state index in [2.05, 4.69) is 9.97 Å². The lowest BCUT2D eigenvalue weighted by Crippen LogP contribution is -2.11. The van der Waals surface area contributed by atoms with Gasteiger partial charge in [-0.2, -0.15) is 13.2 Å². The number of anilines is 1. The normalized spacial score (nSPS) is 12.8. The Labute approximate surface area is 114 Å². The third-order valence-electron chi connectivity index (χ3n) is 3.16. The van der Waals surface area contributed by atoms with Crippen LogP contribution in [0.15, 0.2) is 6.20 Å². The van der Waals surface area contributed by atoms with Crippen LogP contribution < -0.4 is 5.73 Å². The van der Waals surface area contributed by atoms with Crippen LogP contribution >= 0.6 is 0 Å². The van der Waals surface area contributed by atoms with Gasteiger partial charge >= 0.3 is 6.18 Å². The fourth-order valence-electron chi connectivity index (χ4n) is 2.33. The fourth-order valence-corrected chi connectivity index (χ4v) is 2.33. The summed E-state index contributed by atoms with van der Waals surface area (Å²) in [4.78, 5) is 7.68. The van der Waals surface area contributed by atoms with Gasteiger partial charge < -0.3 is 10.3 Å². The number of hydrogen-bond acceptors (Lipinski definition) is 3. The maximum Gasteiger partial charge on any atom is 0.434 e. The molecule has 0 saturated heterocycles. The molecule has 110 valence electrons. The minimum atomic E-state index is -4.51. The third-order valence-corrected chi connectivity index (χ3v) is 3.16. The molecule has 2 rings (SSSR count). The fraction of sp³-hybridized carbons (Fsp3) is 0.538. The number of halogens is 3. The number of nitrogens with zero attached hydrogens (tertiary/aromatic N) is 3. The lowest BCUT2D eigenvalue weighted by Gasteiger charge is -2.12.